The van der Waals surface area contributed by atoms with E-state index in [0.717, 1.165) is 30.1 Å². The van der Waals surface area contributed by atoms with E-state index in [1.807, 2.05) is 6.08 Å². The number of allylic oxidation sites excluding steroid dienone is 4. The molecule has 23 heavy (non-hydrogen) atoms. The highest BCUT2D eigenvalue weighted by molar-refractivity contribution is 5.31. The Kier molecular flexibility index (Phi) is 3.53. The highest BCUT2D eigenvalue weighted by Gasteiger charge is 2.58. The maximum Gasteiger partial charge on any atom is 0.0911 e. The number of hydrogen-bond acceptors (Lipinski definition) is 1. The van der Waals surface area contributed by atoms with Crippen LogP contribution in [0.5, 0.6) is 0 Å². The monoisotopic (exact) mass is 309 g/mol. The molecule has 0 radical (unpaired) electrons. The molecule has 124 valence electrons. The van der Waals surface area contributed by atoms with Crippen LogP contribution < -0.4 is 0 Å². The van der Waals surface area contributed by atoms with Crippen LogP contribution >= 0.6 is 0 Å². The molecule has 0 amide bonds. The van der Waals surface area contributed by atoms with Crippen molar-refractivity contribution >= 4 is 0 Å². The molecule has 0 aromatic carbocycles. The summed E-state index contributed by atoms with van der Waals surface area (Å²) in [7, 11) is 0. The third-order valence-electron chi connectivity index (χ3n) is 8.35. The Morgan fingerprint density at radius 2 is 2.04 bits per heavy atom. The second-order valence-corrected chi connectivity index (χ2v) is 9.32. The van der Waals surface area contributed by atoms with Gasteiger partial charge in [-0.3, -0.25) is 0 Å². The molecule has 0 aromatic rings. The summed E-state index contributed by atoms with van der Waals surface area (Å²) < 4.78 is 0. The quantitative estimate of drug-likeness (QED) is 0.395. The third kappa shape index (κ3) is 2.03. The fourth-order valence-electron chi connectivity index (χ4n) is 7.56. The Bertz CT molecular complexity index is 606. The summed E-state index contributed by atoms with van der Waals surface area (Å²) in [6.45, 7) is 7.59. The highest BCUT2D eigenvalue weighted by Crippen LogP contribution is 2.67. The van der Waals surface area contributed by atoms with Gasteiger partial charge in [-0.05, 0) is 79.4 Å². The Morgan fingerprint density at radius 3 is 2.83 bits per heavy atom. The maximum atomic E-state index is 9.19. The maximum absolute atomic E-state index is 9.19. The van der Waals surface area contributed by atoms with E-state index in [1.54, 1.807) is 5.57 Å². The molecule has 4 aliphatic carbocycles. The van der Waals surface area contributed by atoms with Crippen molar-refractivity contribution in [2.75, 3.05) is 0 Å². The number of rotatable bonds is 0. The van der Waals surface area contributed by atoms with Crippen molar-refractivity contribution in [1.29, 1.82) is 5.26 Å². The SMILES string of the molecule is C[C@H]1CC2(C)/C(=C\C#N)CCC2C2CC=C3CCCCC3(C)C21. The van der Waals surface area contributed by atoms with Gasteiger partial charge in [0, 0.05) is 6.08 Å². The first-order chi connectivity index (χ1) is 11.0. The third-order valence-corrected chi connectivity index (χ3v) is 8.35. The predicted octanol–water partition coefficient (Wildman–Crippen LogP) is 6.04. The molecule has 3 fully saturated rings. The van der Waals surface area contributed by atoms with Crippen LogP contribution in [0.25, 0.3) is 0 Å². The lowest BCUT2D eigenvalue weighted by atomic mass is 9.45. The van der Waals surface area contributed by atoms with E-state index >= 15 is 0 Å². The lowest BCUT2D eigenvalue weighted by Gasteiger charge is -2.59. The Morgan fingerprint density at radius 1 is 1.22 bits per heavy atom. The van der Waals surface area contributed by atoms with Crippen LogP contribution in [-0.2, 0) is 0 Å². The molecule has 0 aliphatic heterocycles. The van der Waals surface area contributed by atoms with Crippen molar-refractivity contribution in [3.8, 4) is 6.07 Å². The molecule has 0 aromatic heterocycles. The van der Waals surface area contributed by atoms with E-state index < -0.39 is 0 Å². The summed E-state index contributed by atoms with van der Waals surface area (Å²) in [5.74, 6) is 3.32. The van der Waals surface area contributed by atoms with Crippen molar-refractivity contribution < 1.29 is 0 Å². The Labute approximate surface area is 141 Å². The van der Waals surface area contributed by atoms with Gasteiger partial charge in [0.25, 0.3) is 0 Å². The summed E-state index contributed by atoms with van der Waals surface area (Å²) in [5.41, 5.74) is 4.03. The number of nitriles is 1. The summed E-state index contributed by atoms with van der Waals surface area (Å²) in [6, 6.07) is 2.33. The average Bonchev–Trinajstić information content (AvgIpc) is 2.83. The smallest absolute Gasteiger partial charge is 0.0911 e. The molecule has 1 nitrogen and oxygen atoms in total. The molecule has 4 aliphatic rings. The van der Waals surface area contributed by atoms with Gasteiger partial charge < -0.3 is 0 Å². The highest BCUT2D eigenvalue weighted by atomic mass is 14.6. The largest absolute Gasteiger partial charge is 0.193 e. The van der Waals surface area contributed by atoms with Gasteiger partial charge in [-0.25, -0.2) is 0 Å². The van der Waals surface area contributed by atoms with Crippen LogP contribution in [0.2, 0.25) is 0 Å². The molecule has 4 rings (SSSR count). The first-order valence-corrected chi connectivity index (χ1v) is 9.79. The zero-order valence-corrected chi connectivity index (χ0v) is 15.1. The summed E-state index contributed by atoms with van der Waals surface area (Å²) >= 11 is 0. The number of fused-ring (bicyclic) bond motifs is 5. The number of nitrogens with zero attached hydrogens (tertiary/aromatic N) is 1. The van der Waals surface area contributed by atoms with E-state index in [9.17, 15) is 5.26 Å². The van der Waals surface area contributed by atoms with E-state index in [4.69, 9.17) is 0 Å². The first kappa shape index (κ1) is 15.5. The predicted molar refractivity (Wildman–Crippen MR) is 94.6 cm³/mol. The first-order valence-electron chi connectivity index (χ1n) is 9.79. The molecule has 3 saturated carbocycles. The molecule has 0 heterocycles. The Balaban J connectivity index is 1.75. The molecule has 0 N–H and O–H groups in total. The van der Waals surface area contributed by atoms with E-state index in [0.29, 0.717) is 10.8 Å². The van der Waals surface area contributed by atoms with E-state index in [-0.39, 0.29) is 0 Å². The molecule has 1 heteroatoms. The fraction of sp³-hybridized carbons (Fsp3) is 0.773. The number of hydrogen-bond donors (Lipinski definition) is 0. The van der Waals surface area contributed by atoms with Gasteiger partial charge in [-0.1, -0.05) is 44.4 Å². The second-order valence-electron chi connectivity index (χ2n) is 9.32. The van der Waals surface area contributed by atoms with Gasteiger partial charge in [-0.15, -0.1) is 0 Å². The normalized spacial score (nSPS) is 50.5. The fourth-order valence-corrected chi connectivity index (χ4v) is 7.56. The molecule has 5 unspecified atom stereocenters. The van der Waals surface area contributed by atoms with Crippen LogP contribution in [0.4, 0.5) is 0 Å². The van der Waals surface area contributed by atoms with Gasteiger partial charge in [-0.2, -0.15) is 5.26 Å². The summed E-state index contributed by atoms with van der Waals surface area (Å²) in [6.07, 6.45) is 15.2. The Hall–Kier alpha value is -1.03. The van der Waals surface area contributed by atoms with Crippen LogP contribution in [-0.4, -0.2) is 0 Å². The minimum atomic E-state index is 0.298. The van der Waals surface area contributed by atoms with E-state index in [2.05, 4.69) is 32.9 Å². The standard InChI is InChI=1S/C22H31N/c1-15-14-22(3)17(11-13-23)8-10-19(22)18-9-7-16-6-4-5-12-21(16,2)20(15)18/h7,11,15,18-20H,4-6,8-10,12,14H2,1-3H3/b17-11-/t15-,18?,19?,20?,21?,22?/m0/s1. The van der Waals surface area contributed by atoms with Crippen molar-refractivity contribution in [3.63, 3.8) is 0 Å². The zero-order chi connectivity index (χ0) is 16.2. The molecule has 0 spiro atoms. The van der Waals surface area contributed by atoms with Gasteiger partial charge in [0.05, 0.1) is 6.07 Å². The van der Waals surface area contributed by atoms with Crippen molar-refractivity contribution in [1.82, 2.24) is 0 Å². The minimum Gasteiger partial charge on any atom is -0.193 e. The summed E-state index contributed by atoms with van der Waals surface area (Å²) in [5, 5.41) is 9.19. The molecular weight excluding hydrogens is 278 g/mol. The van der Waals surface area contributed by atoms with Gasteiger partial charge in [0.15, 0.2) is 0 Å². The lowest BCUT2D eigenvalue weighted by Crippen LogP contribution is -2.52. The molecule has 0 saturated heterocycles. The van der Waals surface area contributed by atoms with Gasteiger partial charge in [0.1, 0.15) is 0 Å². The van der Waals surface area contributed by atoms with Gasteiger partial charge >= 0.3 is 0 Å². The minimum absolute atomic E-state index is 0.298. The molecular formula is C22H31N. The van der Waals surface area contributed by atoms with Crippen LogP contribution in [0.3, 0.4) is 0 Å². The molecule has 6 atom stereocenters. The topological polar surface area (TPSA) is 23.8 Å². The lowest BCUT2D eigenvalue weighted by molar-refractivity contribution is -0.0516. The van der Waals surface area contributed by atoms with Gasteiger partial charge in [0.2, 0.25) is 0 Å². The summed E-state index contributed by atoms with van der Waals surface area (Å²) in [4.78, 5) is 0. The van der Waals surface area contributed by atoms with Crippen LogP contribution in [0.15, 0.2) is 23.3 Å². The van der Waals surface area contributed by atoms with Crippen molar-refractivity contribution in [3.05, 3.63) is 23.3 Å². The second kappa shape index (κ2) is 5.23. The zero-order valence-electron chi connectivity index (χ0n) is 15.1. The van der Waals surface area contributed by atoms with Crippen LogP contribution in [0.1, 0.15) is 72.1 Å². The van der Waals surface area contributed by atoms with E-state index in [1.165, 1.54) is 50.5 Å². The van der Waals surface area contributed by atoms with Crippen LogP contribution in [0, 0.1) is 45.8 Å². The van der Waals surface area contributed by atoms with Crippen molar-refractivity contribution in [2.24, 2.45) is 34.5 Å². The van der Waals surface area contributed by atoms with Crippen molar-refractivity contribution in [2.45, 2.75) is 72.1 Å². The molecule has 0 bridgehead atoms. The average molecular weight is 309 g/mol.